The van der Waals surface area contributed by atoms with Gasteiger partial charge in [-0.1, -0.05) is 54.7 Å². The molecule has 5 nitrogen and oxygen atoms in total. The van der Waals surface area contributed by atoms with Gasteiger partial charge >= 0.3 is 6.03 Å². The van der Waals surface area contributed by atoms with Gasteiger partial charge in [0.05, 0.1) is 10.2 Å². The van der Waals surface area contributed by atoms with Crippen LogP contribution in [0, 0.1) is 0 Å². The highest BCUT2D eigenvalue weighted by Crippen LogP contribution is 2.30. The van der Waals surface area contributed by atoms with E-state index < -0.39 is 0 Å². The van der Waals surface area contributed by atoms with Crippen molar-refractivity contribution in [1.29, 1.82) is 0 Å². The number of piperazine rings is 1. The van der Waals surface area contributed by atoms with Gasteiger partial charge in [-0.05, 0) is 36.1 Å². The van der Waals surface area contributed by atoms with E-state index in [9.17, 15) is 4.79 Å². The number of benzene rings is 2. The summed E-state index contributed by atoms with van der Waals surface area (Å²) < 4.78 is 1.25. The highest BCUT2D eigenvalue weighted by Gasteiger charge is 2.22. The predicted octanol–water partition coefficient (Wildman–Crippen LogP) is 3.93. The van der Waals surface area contributed by atoms with Gasteiger partial charge in [0, 0.05) is 32.7 Å². The molecule has 0 radical (unpaired) electrons. The van der Waals surface area contributed by atoms with Crippen LogP contribution in [0.15, 0.2) is 48.5 Å². The van der Waals surface area contributed by atoms with Crippen LogP contribution in [0.25, 0.3) is 10.2 Å². The second kappa shape index (κ2) is 8.61. The molecule has 0 saturated carbocycles. The zero-order valence-electron chi connectivity index (χ0n) is 16.2. The maximum atomic E-state index is 12.4. The summed E-state index contributed by atoms with van der Waals surface area (Å²) in [6.45, 7) is 5.95. The van der Waals surface area contributed by atoms with Crippen LogP contribution >= 0.6 is 11.3 Å². The third-order valence-corrected chi connectivity index (χ3v) is 6.30. The zero-order chi connectivity index (χ0) is 19.3. The first-order valence-electron chi connectivity index (χ1n) is 9.94. The van der Waals surface area contributed by atoms with E-state index in [-0.39, 0.29) is 6.03 Å². The van der Waals surface area contributed by atoms with Crippen LogP contribution < -0.4 is 10.2 Å². The number of nitrogens with one attached hydrogen (secondary N) is 1. The molecular weight excluding hydrogens is 368 g/mol. The fourth-order valence-electron chi connectivity index (χ4n) is 3.48. The smallest absolute Gasteiger partial charge is 0.317 e. The van der Waals surface area contributed by atoms with E-state index in [1.165, 1.54) is 15.8 Å². The van der Waals surface area contributed by atoms with E-state index >= 15 is 0 Å². The number of urea groups is 1. The Kier molecular flexibility index (Phi) is 5.76. The van der Waals surface area contributed by atoms with Crippen LogP contribution in [0.4, 0.5) is 9.93 Å². The third kappa shape index (κ3) is 4.28. The molecule has 0 atom stereocenters. The summed E-state index contributed by atoms with van der Waals surface area (Å²) in [5.41, 5.74) is 3.66. The molecule has 1 saturated heterocycles. The summed E-state index contributed by atoms with van der Waals surface area (Å²) in [5.74, 6) is 0. The fourth-order valence-corrected chi connectivity index (χ4v) is 4.56. The molecule has 1 N–H and O–H groups in total. The van der Waals surface area contributed by atoms with E-state index in [0.29, 0.717) is 6.54 Å². The van der Waals surface area contributed by atoms with Gasteiger partial charge in [0.2, 0.25) is 0 Å². The van der Waals surface area contributed by atoms with Crippen molar-refractivity contribution in [2.24, 2.45) is 0 Å². The van der Waals surface area contributed by atoms with E-state index in [1.807, 2.05) is 23.1 Å². The van der Waals surface area contributed by atoms with Gasteiger partial charge in [-0.2, -0.15) is 0 Å². The number of thiazole rings is 1. The Bertz CT molecular complexity index is 932. The topological polar surface area (TPSA) is 48.5 Å². The first-order valence-corrected chi connectivity index (χ1v) is 10.8. The number of fused-ring (bicyclic) bond motifs is 1. The molecule has 0 bridgehead atoms. The number of carbonyl (C=O) groups is 1. The largest absolute Gasteiger partial charge is 0.345 e. The van der Waals surface area contributed by atoms with Crippen LogP contribution in [-0.4, -0.2) is 48.6 Å². The molecule has 3 aromatic rings. The molecule has 2 heterocycles. The first kappa shape index (κ1) is 18.7. The summed E-state index contributed by atoms with van der Waals surface area (Å²) in [6.07, 6.45) is 1.90. The third-order valence-electron chi connectivity index (χ3n) is 5.22. The van der Waals surface area contributed by atoms with Crippen molar-refractivity contribution in [3.8, 4) is 0 Å². The first-order chi connectivity index (χ1) is 13.7. The fraction of sp³-hybridized carbons (Fsp3) is 0.364. The molecule has 6 heteroatoms. The lowest BCUT2D eigenvalue weighted by molar-refractivity contribution is 0.194. The summed E-state index contributed by atoms with van der Waals surface area (Å²) in [4.78, 5) is 21.4. The van der Waals surface area contributed by atoms with Crippen molar-refractivity contribution in [3.05, 3.63) is 59.7 Å². The van der Waals surface area contributed by atoms with Crippen molar-refractivity contribution >= 4 is 32.7 Å². The Morgan fingerprint density at radius 1 is 1.07 bits per heavy atom. The summed E-state index contributed by atoms with van der Waals surface area (Å²) in [7, 11) is 0. The Hall–Kier alpha value is -2.60. The van der Waals surface area contributed by atoms with Crippen LogP contribution in [0.3, 0.4) is 0 Å². The van der Waals surface area contributed by atoms with Gasteiger partial charge in [0.15, 0.2) is 5.13 Å². The standard InChI is InChI=1S/C22H26N4OS/c1-2-17-8-9-19-20(16-17)28-22(24-19)26-14-12-25(13-15-26)21(27)23-11-10-18-6-4-3-5-7-18/h3-9,16H,2,10-15H2,1H3,(H,23,27). The number of rotatable bonds is 5. The second-order valence-electron chi connectivity index (χ2n) is 7.09. The van der Waals surface area contributed by atoms with E-state index in [4.69, 9.17) is 4.98 Å². The number of anilines is 1. The maximum Gasteiger partial charge on any atom is 0.317 e. The molecule has 1 aliphatic rings. The number of aromatic nitrogens is 1. The number of carbonyl (C=O) groups excluding carboxylic acids is 1. The molecule has 0 spiro atoms. The quantitative estimate of drug-likeness (QED) is 0.713. The Morgan fingerprint density at radius 2 is 1.86 bits per heavy atom. The molecule has 0 aliphatic carbocycles. The van der Waals surface area contributed by atoms with Crippen LogP contribution in [0.2, 0.25) is 0 Å². The minimum Gasteiger partial charge on any atom is -0.345 e. The van der Waals surface area contributed by atoms with Crippen molar-refractivity contribution in [1.82, 2.24) is 15.2 Å². The number of amides is 2. The van der Waals surface area contributed by atoms with Crippen molar-refractivity contribution < 1.29 is 4.79 Å². The molecule has 0 unspecified atom stereocenters. The zero-order valence-corrected chi connectivity index (χ0v) is 17.0. The molecule has 1 fully saturated rings. The number of hydrogen-bond acceptors (Lipinski definition) is 4. The summed E-state index contributed by atoms with van der Waals surface area (Å²) in [5, 5.41) is 4.11. The molecule has 4 rings (SSSR count). The number of nitrogens with zero attached hydrogens (tertiary/aromatic N) is 3. The highest BCUT2D eigenvalue weighted by molar-refractivity contribution is 7.22. The maximum absolute atomic E-state index is 12.4. The lowest BCUT2D eigenvalue weighted by Crippen LogP contribution is -2.52. The lowest BCUT2D eigenvalue weighted by Gasteiger charge is -2.34. The number of aryl methyl sites for hydroxylation is 1. The Labute approximate surface area is 170 Å². The van der Waals surface area contributed by atoms with Gasteiger partial charge in [0.1, 0.15) is 0 Å². The van der Waals surface area contributed by atoms with Crippen LogP contribution in [0.1, 0.15) is 18.1 Å². The second-order valence-corrected chi connectivity index (χ2v) is 8.10. The van der Waals surface area contributed by atoms with Gasteiger partial charge in [-0.15, -0.1) is 0 Å². The van der Waals surface area contributed by atoms with Crippen molar-refractivity contribution in [3.63, 3.8) is 0 Å². The van der Waals surface area contributed by atoms with Crippen LogP contribution in [-0.2, 0) is 12.8 Å². The normalized spacial score (nSPS) is 14.5. The average molecular weight is 395 g/mol. The molecular formula is C22H26N4OS. The molecule has 146 valence electrons. The number of hydrogen-bond donors (Lipinski definition) is 1. The van der Waals surface area contributed by atoms with E-state index in [0.717, 1.165) is 49.7 Å². The molecule has 2 amide bonds. The molecule has 1 aromatic heterocycles. The van der Waals surface area contributed by atoms with E-state index in [2.05, 4.69) is 47.5 Å². The van der Waals surface area contributed by atoms with Gasteiger partial charge in [-0.3, -0.25) is 0 Å². The minimum absolute atomic E-state index is 0.0347. The molecule has 1 aliphatic heterocycles. The Morgan fingerprint density at radius 3 is 2.61 bits per heavy atom. The lowest BCUT2D eigenvalue weighted by atomic mass is 10.1. The van der Waals surface area contributed by atoms with Gasteiger partial charge < -0.3 is 15.1 Å². The highest BCUT2D eigenvalue weighted by atomic mass is 32.1. The predicted molar refractivity (Wildman–Crippen MR) is 116 cm³/mol. The summed E-state index contributed by atoms with van der Waals surface area (Å²) >= 11 is 1.75. The molecule has 2 aromatic carbocycles. The SMILES string of the molecule is CCc1ccc2nc(N3CCN(C(=O)NCCc4ccccc4)CC3)sc2c1. The monoisotopic (exact) mass is 394 g/mol. The average Bonchev–Trinajstić information content (AvgIpc) is 3.18. The van der Waals surface area contributed by atoms with Crippen molar-refractivity contribution in [2.45, 2.75) is 19.8 Å². The van der Waals surface area contributed by atoms with Crippen molar-refractivity contribution in [2.75, 3.05) is 37.6 Å². The van der Waals surface area contributed by atoms with Crippen LogP contribution in [0.5, 0.6) is 0 Å². The minimum atomic E-state index is 0.0347. The summed E-state index contributed by atoms with van der Waals surface area (Å²) in [6, 6.07) is 16.8. The van der Waals surface area contributed by atoms with Gasteiger partial charge in [0.25, 0.3) is 0 Å². The molecule has 28 heavy (non-hydrogen) atoms. The van der Waals surface area contributed by atoms with Gasteiger partial charge in [-0.25, -0.2) is 9.78 Å². The Balaban J connectivity index is 1.28. The van der Waals surface area contributed by atoms with E-state index in [1.54, 1.807) is 11.3 Å².